The molecule has 0 radical (unpaired) electrons. The zero-order valence-electron chi connectivity index (χ0n) is 16.9. The molecule has 0 aliphatic rings. The Morgan fingerprint density at radius 2 is 1.73 bits per heavy atom. The Morgan fingerprint density at radius 1 is 0.900 bits per heavy atom. The van der Waals surface area contributed by atoms with Crippen molar-refractivity contribution < 1.29 is 4.74 Å². The maximum Gasteiger partial charge on any atom is 0.137 e. The molecule has 4 rings (SSSR count). The molecule has 0 fully saturated rings. The number of hydrogen-bond donors (Lipinski definition) is 1. The fourth-order valence-corrected chi connectivity index (χ4v) is 3.33. The number of nitrogens with zero attached hydrogens (tertiary/aromatic N) is 2. The first kappa shape index (κ1) is 19.6. The van der Waals surface area contributed by atoms with E-state index in [9.17, 15) is 0 Å². The molecule has 0 spiro atoms. The number of nitrogens with one attached hydrogen (secondary N) is 1. The van der Waals surface area contributed by atoms with E-state index in [2.05, 4.69) is 51.4 Å². The summed E-state index contributed by atoms with van der Waals surface area (Å²) in [5.74, 6) is 7.33. The lowest BCUT2D eigenvalue weighted by atomic mass is 10.0. The number of hydrogen-bond acceptors (Lipinski definition) is 4. The van der Waals surface area contributed by atoms with Crippen LogP contribution in [0.25, 0.3) is 22.0 Å². The number of anilines is 1. The summed E-state index contributed by atoms with van der Waals surface area (Å²) in [7, 11) is 1.70. The molecule has 0 atom stereocenters. The molecule has 4 nitrogen and oxygen atoms in total. The molecular weight excluding hydrogens is 370 g/mol. The number of aromatic nitrogens is 2. The van der Waals surface area contributed by atoms with E-state index >= 15 is 0 Å². The van der Waals surface area contributed by atoms with Crippen molar-refractivity contribution in [3.05, 3.63) is 90.3 Å². The van der Waals surface area contributed by atoms with Gasteiger partial charge in [-0.15, -0.1) is 0 Å². The van der Waals surface area contributed by atoms with Crippen molar-refractivity contribution in [1.29, 1.82) is 0 Å². The molecule has 0 aliphatic carbocycles. The summed E-state index contributed by atoms with van der Waals surface area (Å²) in [6.07, 6.45) is 2.31. The van der Waals surface area contributed by atoms with Crippen LogP contribution in [0.4, 0.5) is 5.82 Å². The number of methoxy groups -OCH3 is 1. The second-order valence-corrected chi connectivity index (χ2v) is 6.89. The van der Waals surface area contributed by atoms with Gasteiger partial charge < -0.3 is 10.1 Å². The number of benzene rings is 3. The Labute approximate surface area is 177 Å². The predicted molar refractivity (Wildman–Crippen MR) is 122 cm³/mol. The maximum absolute atomic E-state index is 5.24. The summed E-state index contributed by atoms with van der Waals surface area (Å²) in [5, 5.41) is 4.43. The number of rotatable bonds is 6. The van der Waals surface area contributed by atoms with E-state index in [1.165, 1.54) is 5.56 Å². The minimum atomic E-state index is 0.569. The molecule has 4 heteroatoms. The van der Waals surface area contributed by atoms with Gasteiger partial charge in [0.1, 0.15) is 12.1 Å². The molecule has 148 valence electrons. The summed E-state index contributed by atoms with van der Waals surface area (Å²) in [6, 6.07) is 24.7. The van der Waals surface area contributed by atoms with Gasteiger partial charge in [0.2, 0.25) is 0 Å². The van der Waals surface area contributed by atoms with E-state index in [0.29, 0.717) is 19.6 Å². The zero-order valence-corrected chi connectivity index (χ0v) is 16.9. The standard InChI is InChI=1S/C26H23N3O/c1-30-18-23-13-6-5-11-21(23)12-7-8-16-27-26-24-17-22(20-9-3-2-4-10-20)14-15-25(24)28-19-29-26/h2-6,9-11,13-15,17,19H,8,16,18H2,1H3,(H,27,28,29). The first-order valence-electron chi connectivity index (χ1n) is 9.95. The molecule has 1 heterocycles. The van der Waals surface area contributed by atoms with Crippen LogP contribution in [0.3, 0.4) is 0 Å². The fourth-order valence-electron chi connectivity index (χ4n) is 3.33. The van der Waals surface area contributed by atoms with Gasteiger partial charge in [0, 0.05) is 31.0 Å². The van der Waals surface area contributed by atoms with Crippen LogP contribution in [0.5, 0.6) is 0 Å². The maximum atomic E-state index is 5.24. The minimum Gasteiger partial charge on any atom is -0.380 e. The molecule has 4 aromatic rings. The Balaban J connectivity index is 1.47. The minimum absolute atomic E-state index is 0.569. The van der Waals surface area contributed by atoms with E-state index in [1.54, 1.807) is 13.4 Å². The Kier molecular flexibility index (Phi) is 6.34. The van der Waals surface area contributed by atoms with Crippen molar-refractivity contribution >= 4 is 16.7 Å². The number of fused-ring (bicyclic) bond motifs is 1. The smallest absolute Gasteiger partial charge is 0.137 e. The van der Waals surface area contributed by atoms with Crippen molar-refractivity contribution in [1.82, 2.24) is 9.97 Å². The molecule has 0 saturated heterocycles. The Morgan fingerprint density at radius 3 is 2.60 bits per heavy atom. The highest BCUT2D eigenvalue weighted by atomic mass is 16.5. The highest BCUT2D eigenvalue weighted by Crippen LogP contribution is 2.26. The van der Waals surface area contributed by atoms with E-state index in [0.717, 1.165) is 33.4 Å². The molecular formula is C26H23N3O. The SMILES string of the molecule is COCc1ccccc1C#CCCNc1ncnc2ccc(-c3ccccc3)cc12. The molecule has 0 saturated carbocycles. The largest absolute Gasteiger partial charge is 0.380 e. The van der Waals surface area contributed by atoms with Gasteiger partial charge in [-0.3, -0.25) is 0 Å². The van der Waals surface area contributed by atoms with E-state index in [4.69, 9.17) is 4.74 Å². The molecule has 30 heavy (non-hydrogen) atoms. The summed E-state index contributed by atoms with van der Waals surface area (Å²) >= 11 is 0. The van der Waals surface area contributed by atoms with Crippen LogP contribution < -0.4 is 5.32 Å². The lowest BCUT2D eigenvalue weighted by Crippen LogP contribution is -2.03. The molecule has 1 aromatic heterocycles. The molecule has 0 amide bonds. The van der Waals surface area contributed by atoms with Crippen molar-refractivity contribution in [2.24, 2.45) is 0 Å². The molecule has 3 aromatic carbocycles. The van der Waals surface area contributed by atoms with Gasteiger partial charge in [0.05, 0.1) is 12.1 Å². The van der Waals surface area contributed by atoms with Crippen LogP contribution in [-0.2, 0) is 11.3 Å². The monoisotopic (exact) mass is 393 g/mol. The van der Waals surface area contributed by atoms with Crippen LogP contribution in [0, 0.1) is 11.8 Å². The van der Waals surface area contributed by atoms with Gasteiger partial charge in [-0.25, -0.2) is 9.97 Å². The average Bonchev–Trinajstić information content (AvgIpc) is 2.80. The van der Waals surface area contributed by atoms with Crippen molar-refractivity contribution in [3.8, 4) is 23.0 Å². The lowest BCUT2D eigenvalue weighted by molar-refractivity contribution is 0.184. The Hall–Kier alpha value is -3.68. The van der Waals surface area contributed by atoms with Crippen LogP contribution in [-0.4, -0.2) is 23.6 Å². The summed E-state index contributed by atoms with van der Waals surface area (Å²) in [6.45, 7) is 1.28. The van der Waals surface area contributed by atoms with Crippen LogP contribution in [0.1, 0.15) is 17.5 Å². The summed E-state index contributed by atoms with van der Waals surface area (Å²) in [4.78, 5) is 8.85. The van der Waals surface area contributed by atoms with Crippen molar-refractivity contribution in [3.63, 3.8) is 0 Å². The second kappa shape index (κ2) is 9.69. The molecule has 1 N–H and O–H groups in total. The summed E-state index contributed by atoms with van der Waals surface area (Å²) < 4.78 is 5.24. The predicted octanol–water partition coefficient (Wildman–Crippen LogP) is 5.30. The van der Waals surface area contributed by atoms with E-state index < -0.39 is 0 Å². The molecule has 0 aliphatic heterocycles. The summed E-state index contributed by atoms with van der Waals surface area (Å²) in [5.41, 5.74) is 5.37. The molecule has 0 bridgehead atoms. The van der Waals surface area contributed by atoms with Gasteiger partial charge >= 0.3 is 0 Å². The second-order valence-electron chi connectivity index (χ2n) is 6.89. The molecule has 0 unspecified atom stereocenters. The van der Waals surface area contributed by atoms with Gasteiger partial charge in [-0.05, 0) is 34.9 Å². The fraction of sp³-hybridized carbons (Fsp3) is 0.154. The third kappa shape index (κ3) is 4.65. The highest BCUT2D eigenvalue weighted by molar-refractivity contribution is 5.92. The van der Waals surface area contributed by atoms with Crippen LogP contribution in [0.15, 0.2) is 79.1 Å². The first-order chi connectivity index (χ1) is 14.8. The van der Waals surface area contributed by atoms with Crippen molar-refractivity contribution in [2.75, 3.05) is 19.0 Å². The quantitative estimate of drug-likeness (QED) is 0.357. The number of ether oxygens (including phenoxy) is 1. The van der Waals surface area contributed by atoms with Gasteiger partial charge in [0.25, 0.3) is 0 Å². The van der Waals surface area contributed by atoms with Crippen molar-refractivity contribution in [2.45, 2.75) is 13.0 Å². The van der Waals surface area contributed by atoms with Gasteiger partial charge in [-0.2, -0.15) is 0 Å². The normalized spacial score (nSPS) is 10.4. The highest BCUT2D eigenvalue weighted by Gasteiger charge is 2.05. The average molecular weight is 393 g/mol. The third-order valence-corrected chi connectivity index (χ3v) is 4.83. The van der Waals surface area contributed by atoms with Gasteiger partial charge in [-0.1, -0.05) is 66.4 Å². The van der Waals surface area contributed by atoms with Crippen LogP contribution >= 0.6 is 0 Å². The Bertz CT molecular complexity index is 1190. The van der Waals surface area contributed by atoms with E-state index in [1.807, 2.05) is 48.5 Å². The van der Waals surface area contributed by atoms with Gasteiger partial charge in [0.15, 0.2) is 0 Å². The van der Waals surface area contributed by atoms with Crippen LogP contribution in [0.2, 0.25) is 0 Å². The zero-order chi connectivity index (χ0) is 20.6. The van der Waals surface area contributed by atoms with E-state index in [-0.39, 0.29) is 0 Å². The third-order valence-electron chi connectivity index (χ3n) is 4.83. The first-order valence-corrected chi connectivity index (χ1v) is 9.95. The lowest BCUT2D eigenvalue weighted by Gasteiger charge is -2.09. The topological polar surface area (TPSA) is 47.0 Å².